The van der Waals surface area contributed by atoms with Crippen LogP contribution >= 0.6 is 11.3 Å². The Morgan fingerprint density at radius 1 is 1.33 bits per heavy atom. The van der Waals surface area contributed by atoms with E-state index in [9.17, 15) is 0 Å². The van der Waals surface area contributed by atoms with Crippen molar-refractivity contribution in [2.45, 2.75) is 25.8 Å². The van der Waals surface area contributed by atoms with Gasteiger partial charge < -0.3 is 5.73 Å². The molecular formula is C12H14N2S. The molecule has 0 aliphatic heterocycles. The van der Waals surface area contributed by atoms with E-state index in [4.69, 9.17) is 5.73 Å². The van der Waals surface area contributed by atoms with Crippen LogP contribution in [0.2, 0.25) is 0 Å². The van der Waals surface area contributed by atoms with Gasteiger partial charge in [0, 0.05) is 12.0 Å². The molecule has 2 nitrogen and oxygen atoms in total. The average molecular weight is 218 g/mol. The molecule has 3 rings (SSSR count). The topological polar surface area (TPSA) is 38.9 Å². The number of aromatic nitrogens is 1. The van der Waals surface area contributed by atoms with E-state index in [0.717, 1.165) is 5.52 Å². The lowest BCUT2D eigenvalue weighted by molar-refractivity contribution is 0.598. The summed E-state index contributed by atoms with van der Waals surface area (Å²) in [6.07, 6.45) is 0. The summed E-state index contributed by atoms with van der Waals surface area (Å²) in [4.78, 5) is 4.66. The molecule has 0 spiro atoms. The first-order valence-electron chi connectivity index (χ1n) is 5.22. The molecule has 1 aliphatic carbocycles. The minimum absolute atomic E-state index is 0.230. The number of para-hydroxylation sites is 1. The zero-order chi connectivity index (χ0) is 10.6. The highest BCUT2D eigenvalue weighted by Gasteiger charge is 2.57. The summed E-state index contributed by atoms with van der Waals surface area (Å²) < 4.78 is 1.27. The fourth-order valence-corrected chi connectivity index (χ4v) is 3.48. The van der Waals surface area contributed by atoms with Gasteiger partial charge in [0.2, 0.25) is 0 Å². The molecule has 3 heteroatoms. The Hall–Kier alpha value is -0.930. The summed E-state index contributed by atoms with van der Waals surface area (Å²) in [6.45, 7) is 4.43. The summed E-state index contributed by atoms with van der Waals surface area (Å²) in [7, 11) is 0. The molecular weight excluding hydrogens is 204 g/mol. The second-order valence-corrected chi connectivity index (χ2v) is 5.91. The van der Waals surface area contributed by atoms with E-state index < -0.39 is 0 Å². The normalized spacial score (nSPS) is 28.2. The second-order valence-electron chi connectivity index (χ2n) is 4.84. The smallest absolute Gasteiger partial charge is 0.0991 e. The molecule has 2 atom stereocenters. The van der Waals surface area contributed by atoms with Crippen molar-refractivity contribution in [2.24, 2.45) is 11.1 Å². The summed E-state index contributed by atoms with van der Waals surface area (Å²) in [5.41, 5.74) is 7.40. The summed E-state index contributed by atoms with van der Waals surface area (Å²) in [5.74, 6) is 0.454. The molecule has 0 radical (unpaired) electrons. The third kappa shape index (κ3) is 1.23. The van der Waals surface area contributed by atoms with Crippen LogP contribution in [0.5, 0.6) is 0 Å². The van der Waals surface area contributed by atoms with Gasteiger partial charge in [-0.25, -0.2) is 4.98 Å². The maximum atomic E-state index is 6.06. The molecule has 78 valence electrons. The number of hydrogen-bond acceptors (Lipinski definition) is 3. The third-order valence-corrected chi connectivity index (χ3v) is 4.61. The van der Waals surface area contributed by atoms with Crippen LogP contribution in [0.1, 0.15) is 24.8 Å². The largest absolute Gasteiger partial charge is 0.327 e. The quantitative estimate of drug-likeness (QED) is 0.799. The Morgan fingerprint density at radius 2 is 2.00 bits per heavy atom. The number of hydrogen-bond donors (Lipinski definition) is 1. The molecule has 2 N–H and O–H groups in total. The molecule has 15 heavy (non-hydrogen) atoms. The minimum Gasteiger partial charge on any atom is -0.327 e. The Balaban J connectivity index is 2.07. The van der Waals surface area contributed by atoms with Crippen LogP contribution in [0.4, 0.5) is 0 Å². The van der Waals surface area contributed by atoms with E-state index >= 15 is 0 Å². The Kier molecular flexibility index (Phi) is 1.74. The molecule has 1 aromatic carbocycles. The molecule has 1 aromatic heterocycles. The number of nitrogens with zero attached hydrogens (tertiary/aromatic N) is 1. The monoisotopic (exact) mass is 218 g/mol. The van der Waals surface area contributed by atoms with Crippen LogP contribution in [-0.4, -0.2) is 11.0 Å². The van der Waals surface area contributed by atoms with Gasteiger partial charge in [0.25, 0.3) is 0 Å². The van der Waals surface area contributed by atoms with Crippen LogP contribution in [0.3, 0.4) is 0 Å². The zero-order valence-electron chi connectivity index (χ0n) is 8.90. The van der Waals surface area contributed by atoms with Crippen molar-refractivity contribution in [3.8, 4) is 0 Å². The Morgan fingerprint density at radius 3 is 2.60 bits per heavy atom. The lowest BCUT2D eigenvalue weighted by Gasteiger charge is -1.96. The van der Waals surface area contributed by atoms with Gasteiger partial charge >= 0.3 is 0 Å². The highest BCUT2D eigenvalue weighted by Crippen LogP contribution is 2.58. The molecule has 0 saturated heterocycles. The molecule has 0 amide bonds. The van der Waals surface area contributed by atoms with E-state index in [0.29, 0.717) is 5.92 Å². The summed E-state index contributed by atoms with van der Waals surface area (Å²) >= 11 is 1.78. The van der Waals surface area contributed by atoms with Gasteiger partial charge in [0.15, 0.2) is 0 Å². The molecule has 2 aromatic rings. The van der Waals surface area contributed by atoms with Gasteiger partial charge in [-0.05, 0) is 17.5 Å². The van der Waals surface area contributed by atoms with E-state index in [1.165, 1.54) is 9.71 Å². The maximum Gasteiger partial charge on any atom is 0.0991 e. The molecule has 1 heterocycles. The number of fused-ring (bicyclic) bond motifs is 1. The predicted molar refractivity (Wildman–Crippen MR) is 64.1 cm³/mol. The fraction of sp³-hybridized carbons (Fsp3) is 0.417. The first-order chi connectivity index (χ1) is 7.10. The standard InChI is InChI=1S/C12H14N2S/c1-12(2)9(10(12)13)11-14-7-5-3-4-6-8(7)15-11/h3-6,9-10H,13H2,1-2H3. The summed E-state index contributed by atoms with van der Waals surface area (Å²) in [6, 6.07) is 8.55. The van der Waals surface area contributed by atoms with Gasteiger partial charge in [-0.2, -0.15) is 0 Å². The van der Waals surface area contributed by atoms with E-state index in [1.807, 2.05) is 6.07 Å². The van der Waals surface area contributed by atoms with Crippen molar-refractivity contribution in [1.29, 1.82) is 0 Å². The SMILES string of the molecule is CC1(C)C(N)C1c1nc2ccccc2s1. The van der Waals surface area contributed by atoms with Gasteiger partial charge in [0.05, 0.1) is 15.2 Å². The van der Waals surface area contributed by atoms with Crippen molar-refractivity contribution >= 4 is 21.6 Å². The van der Waals surface area contributed by atoms with E-state index in [2.05, 4.69) is 37.0 Å². The average Bonchev–Trinajstić information content (AvgIpc) is 2.61. The molecule has 1 aliphatic rings. The number of benzene rings is 1. The third-order valence-electron chi connectivity index (χ3n) is 3.49. The lowest BCUT2D eigenvalue weighted by atomic mass is 10.1. The number of rotatable bonds is 1. The fourth-order valence-electron chi connectivity index (χ4n) is 2.17. The van der Waals surface area contributed by atoms with Crippen molar-refractivity contribution < 1.29 is 0 Å². The van der Waals surface area contributed by atoms with Crippen LogP contribution in [0, 0.1) is 5.41 Å². The van der Waals surface area contributed by atoms with Crippen LogP contribution in [0.15, 0.2) is 24.3 Å². The molecule has 1 saturated carbocycles. The Bertz CT molecular complexity index is 482. The second kappa shape index (κ2) is 2.80. The van der Waals surface area contributed by atoms with E-state index in [-0.39, 0.29) is 11.5 Å². The zero-order valence-corrected chi connectivity index (χ0v) is 9.71. The summed E-state index contributed by atoms with van der Waals surface area (Å²) in [5, 5.41) is 1.20. The maximum absolute atomic E-state index is 6.06. The van der Waals surface area contributed by atoms with Crippen LogP contribution < -0.4 is 5.73 Å². The first kappa shape index (κ1) is 9.31. The van der Waals surface area contributed by atoms with Crippen LogP contribution in [0.25, 0.3) is 10.2 Å². The highest BCUT2D eigenvalue weighted by molar-refractivity contribution is 7.18. The number of thiazole rings is 1. The van der Waals surface area contributed by atoms with Crippen molar-refractivity contribution in [2.75, 3.05) is 0 Å². The van der Waals surface area contributed by atoms with Gasteiger partial charge in [-0.3, -0.25) is 0 Å². The number of nitrogens with two attached hydrogens (primary N) is 1. The Labute approximate surface area is 93.1 Å². The lowest BCUT2D eigenvalue weighted by Crippen LogP contribution is -2.06. The van der Waals surface area contributed by atoms with Crippen molar-refractivity contribution in [3.63, 3.8) is 0 Å². The van der Waals surface area contributed by atoms with Gasteiger partial charge in [0.1, 0.15) is 0 Å². The van der Waals surface area contributed by atoms with Gasteiger partial charge in [-0.15, -0.1) is 11.3 Å². The van der Waals surface area contributed by atoms with Crippen molar-refractivity contribution in [3.05, 3.63) is 29.3 Å². The van der Waals surface area contributed by atoms with Crippen LogP contribution in [-0.2, 0) is 0 Å². The highest BCUT2D eigenvalue weighted by atomic mass is 32.1. The predicted octanol–water partition coefficient (Wildman–Crippen LogP) is 2.75. The molecule has 0 bridgehead atoms. The van der Waals surface area contributed by atoms with E-state index in [1.54, 1.807) is 11.3 Å². The first-order valence-corrected chi connectivity index (χ1v) is 6.03. The van der Waals surface area contributed by atoms with Crippen molar-refractivity contribution in [1.82, 2.24) is 4.98 Å². The molecule has 2 unspecified atom stereocenters. The minimum atomic E-state index is 0.230. The van der Waals surface area contributed by atoms with Gasteiger partial charge in [-0.1, -0.05) is 26.0 Å². The molecule has 1 fully saturated rings.